The summed E-state index contributed by atoms with van der Waals surface area (Å²) in [6, 6.07) is 56.8. The van der Waals surface area contributed by atoms with Crippen LogP contribution in [0.25, 0.3) is 95.0 Å². The second-order valence-corrected chi connectivity index (χ2v) is 13.3. The molecule has 4 nitrogen and oxygen atoms in total. The van der Waals surface area contributed by atoms with Gasteiger partial charge in [-0.1, -0.05) is 182 Å². The standard InChI is InChI=1S/C51H34N4/c1-4-15-35(16-5-1)40-21-14-22-41(33-40)36-27-29-39(30-28-36)50-52-49(38-19-8-3-9-20-38)53-51(54-50)42-31-32-43(37-17-6-2-7-18-37)48(34-42)55-46-25-12-10-23-44(46)45-24-11-13-26-47(45)55/h1-34H/i2D,6D,7D,17D,18D. The monoisotopic (exact) mass is 707 g/mol. The molecule has 0 atom stereocenters. The number of hydrogen-bond acceptors (Lipinski definition) is 3. The van der Waals surface area contributed by atoms with Crippen molar-refractivity contribution in [3.63, 3.8) is 0 Å². The van der Waals surface area contributed by atoms with E-state index in [1.165, 1.54) is 0 Å². The van der Waals surface area contributed by atoms with Gasteiger partial charge in [0.15, 0.2) is 17.5 Å². The number of aromatic nitrogens is 4. The highest BCUT2D eigenvalue weighted by Gasteiger charge is 2.19. The van der Waals surface area contributed by atoms with Gasteiger partial charge in [0.2, 0.25) is 0 Å². The van der Waals surface area contributed by atoms with Crippen molar-refractivity contribution in [3.8, 4) is 73.2 Å². The lowest BCUT2D eigenvalue weighted by atomic mass is 9.98. The van der Waals surface area contributed by atoms with E-state index in [0.29, 0.717) is 34.3 Å². The first-order valence-electron chi connectivity index (χ1n) is 20.6. The van der Waals surface area contributed by atoms with Gasteiger partial charge in [-0.2, -0.15) is 0 Å². The smallest absolute Gasteiger partial charge is 0.164 e. The average molecular weight is 708 g/mol. The van der Waals surface area contributed by atoms with Gasteiger partial charge in [0.1, 0.15) is 0 Å². The molecule has 0 bridgehead atoms. The van der Waals surface area contributed by atoms with Gasteiger partial charge in [0.05, 0.1) is 23.6 Å². The molecular formula is C51H34N4. The molecular weight excluding hydrogens is 669 g/mol. The maximum absolute atomic E-state index is 8.99. The SMILES string of the molecule is [2H]c1c([2H])c([2H])c(-c2ccc(-c3nc(-c4ccccc4)nc(-c4ccc(-c5cccc(-c6ccccc6)c5)cc4)n3)cc2-n2c3ccccc3c3ccccc32)c([2H])c1[2H]. The minimum Gasteiger partial charge on any atom is -0.309 e. The third kappa shape index (κ3) is 6.06. The quantitative estimate of drug-likeness (QED) is 0.166. The summed E-state index contributed by atoms with van der Waals surface area (Å²) in [5, 5.41) is 2.05. The zero-order valence-electron chi connectivity index (χ0n) is 34.5. The van der Waals surface area contributed by atoms with Crippen LogP contribution in [0.4, 0.5) is 0 Å². The van der Waals surface area contributed by atoms with Gasteiger partial charge in [0, 0.05) is 33.0 Å². The van der Waals surface area contributed by atoms with E-state index in [2.05, 4.69) is 65.2 Å². The van der Waals surface area contributed by atoms with Crippen LogP contribution in [-0.4, -0.2) is 19.5 Å². The predicted octanol–water partition coefficient (Wildman–Crippen LogP) is 13.0. The number of rotatable bonds is 7. The number of fused-ring (bicyclic) bond motifs is 3. The number of nitrogens with zero attached hydrogens (tertiary/aromatic N) is 4. The van der Waals surface area contributed by atoms with Gasteiger partial charge in [-0.05, 0) is 52.1 Å². The number of hydrogen-bond donors (Lipinski definition) is 0. The minimum atomic E-state index is -0.441. The second kappa shape index (κ2) is 13.8. The first-order chi connectivity index (χ1) is 29.3. The van der Waals surface area contributed by atoms with E-state index in [-0.39, 0.29) is 17.6 Å². The Morgan fingerprint density at radius 1 is 0.345 bits per heavy atom. The summed E-state index contributed by atoms with van der Waals surface area (Å²) in [4.78, 5) is 15.1. The predicted molar refractivity (Wildman–Crippen MR) is 227 cm³/mol. The molecule has 0 aliphatic carbocycles. The lowest BCUT2D eigenvalue weighted by Gasteiger charge is -2.16. The topological polar surface area (TPSA) is 43.6 Å². The Morgan fingerprint density at radius 2 is 0.800 bits per heavy atom. The van der Waals surface area contributed by atoms with Crippen LogP contribution >= 0.6 is 0 Å². The molecule has 0 aliphatic heterocycles. The second-order valence-electron chi connectivity index (χ2n) is 13.3. The fourth-order valence-corrected chi connectivity index (χ4v) is 7.31. The zero-order chi connectivity index (χ0) is 40.9. The van der Waals surface area contributed by atoms with Gasteiger partial charge < -0.3 is 4.57 Å². The lowest BCUT2D eigenvalue weighted by Crippen LogP contribution is -2.02. The highest BCUT2D eigenvalue weighted by atomic mass is 15.0. The van der Waals surface area contributed by atoms with E-state index in [0.717, 1.165) is 55.2 Å². The van der Waals surface area contributed by atoms with Crippen molar-refractivity contribution in [1.29, 1.82) is 0 Å². The summed E-state index contributed by atoms with van der Waals surface area (Å²) in [6.45, 7) is 0. The summed E-state index contributed by atoms with van der Waals surface area (Å²) >= 11 is 0. The van der Waals surface area contributed by atoms with Crippen LogP contribution in [0.5, 0.6) is 0 Å². The summed E-state index contributed by atoms with van der Waals surface area (Å²) < 4.78 is 45.5. The van der Waals surface area contributed by atoms with Crippen LogP contribution in [-0.2, 0) is 0 Å². The molecule has 4 heteroatoms. The van der Waals surface area contributed by atoms with Crippen molar-refractivity contribution >= 4 is 21.8 Å². The van der Waals surface area contributed by atoms with E-state index in [1.54, 1.807) is 0 Å². The molecule has 0 amide bonds. The molecule has 0 saturated carbocycles. The molecule has 55 heavy (non-hydrogen) atoms. The molecule has 0 saturated heterocycles. The summed E-state index contributed by atoms with van der Waals surface area (Å²) in [5.74, 6) is 1.42. The Bertz CT molecular complexity index is 3170. The maximum Gasteiger partial charge on any atom is 0.164 e. The Kier molecular flexibility index (Phi) is 6.85. The molecule has 0 spiro atoms. The van der Waals surface area contributed by atoms with E-state index >= 15 is 0 Å². The first kappa shape index (κ1) is 27.2. The number of para-hydroxylation sites is 2. The van der Waals surface area contributed by atoms with Gasteiger partial charge >= 0.3 is 0 Å². The van der Waals surface area contributed by atoms with Crippen molar-refractivity contribution < 1.29 is 6.85 Å². The highest BCUT2D eigenvalue weighted by Crippen LogP contribution is 2.38. The van der Waals surface area contributed by atoms with Crippen molar-refractivity contribution in [2.75, 3.05) is 0 Å². The van der Waals surface area contributed by atoms with E-state index in [1.807, 2.05) is 115 Å². The molecule has 0 unspecified atom stereocenters. The van der Waals surface area contributed by atoms with Crippen LogP contribution < -0.4 is 0 Å². The largest absolute Gasteiger partial charge is 0.309 e. The van der Waals surface area contributed by atoms with Crippen LogP contribution in [0.1, 0.15) is 6.85 Å². The van der Waals surface area contributed by atoms with E-state index in [9.17, 15) is 0 Å². The molecule has 10 rings (SSSR count). The fourth-order valence-electron chi connectivity index (χ4n) is 7.31. The molecule has 2 aromatic heterocycles. The summed E-state index contributed by atoms with van der Waals surface area (Å²) in [5.41, 5.74) is 9.79. The molecule has 258 valence electrons. The van der Waals surface area contributed by atoms with Crippen LogP contribution in [0.3, 0.4) is 0 Å². The molecule has 2 heterocycles. The zero-order valence-corrected chi connectivity index (χ0v) is 29.5. The Balaban J connectivity index is 1.16. The van der Waals surface area contributed by atoms with E-state index in [4.69, 9.17) is 21.8 Å². The van der Waals surface area contributed by atoms with Crippen LogP contribution in [0.15, 0.2) is 206 Å². The molecule has 10 aromatic rings. The number of benzene rings is 8. The molecule has 0 aliphatic rings. The van der Waals surface area contributed by atoms with Crippen LogP contribution in [0, 0.1) is 0 Å². The van der Waals surface area contributed by atoms with Crippen molar-refractivity contribution in [2.24, 2.45) is 0 Å². The van der Waals surface area contributed by atoms with Gasteiger partial charge in [-0.3, -0.25) is 0 Å². The van der Waals surface area contributed by atoms with Crippen molar-refractivity contribution in [3.05, 3.63) is 206 Å². The molecule has 0 N–H and O–H groups in total. The van der Waals surface area contributed by atoms with E-state index < -0.39 is 18.1 Å². The van der Waals surface area contributed by atoms with Crippen LogP contribution in [0.2, 0.25) is 0 Å². The van der Waals surface area contributed by atoms with Gasteiger partial charge in [0.25, 0.3) is 0 Å². The lowest BCUT2D eigenvalue weighted by molar-refractivity contribution is 1.07. The minimum absolute atomic E-state index is 0.111. The van der Waals surface area contributed by atoms with Gasteiger partial charge in [-0.25, -0.2) is 15.0 Å². The molecule has 8 aromatic carbocycles. The Labute approximate surface area is 326 Å². The molecule has 0 fully saturated rings. The van der Waals surface area contributed by atoms with Crippen molar-refractivity contribution in [2.45, 2.75) is 0 Å². The normalized spacial score (nSPS) is 12.5. The third-order valence-electron chi connectivity index (χ3n) is 9.96. The summed E-state index contributed by atoms with van der Waals surface area (Å²) in [6.07, 6.45) is 0. The Hall–Kier alpha value is -7.43. The van der Waals surface area contributed by atoms with Crippen molar-refractivity contribution in [1.82, 2.24) is 19.5 Å². The van der Waals surface area contributed by atoms with Gasteiger partial charge in [-0.15, -0.1) is 0 Å². The third-order valence-corrected chi connectivity index (χ3v) is 9.96. The Morgan fingerprint density at radius 3 is 1.42 bits per heavy atom. The fraction of sp³-hybridized carbons (Fsp3) is 0. The average Bonchev–Trinajstić information content (AvgIpc) is 3.65. The summed E-state index contributed by atoms with van der Waals surface area (Å²) in [7, 11) is 0. The first-order valence-corrected chi connectivity index (χ1v) is 18.1. The highest BCUT2D eigenvalue weighted by molar-refractivity contribution is 6.09. The maximum atomic E-state index is 8.99. The molecule has 0 radical (unpaired) electrons.